The van der Waals surface area contributed by atoms with Crippen molar-refractivity contribution in [3.8, 4) is 0 Å². The number of nitrogens with zero attached hydrogens (tertiary/aromatic N) is 2. The van der Waals surface area contributed by atoms with E-state index in [1.807, 2.05) is 24.3 Å². The van der Waals surface area contributed by atoms with E-state index >= 15 is 0 Å². The number of para-hydroxylation sites is 2. The molecule has 17 heavy (non-hydrogen) atoms. The number of fused-ring (bicyclic) bond motifs is 1. The molecule has 2 aromatic rings. The molecule has 1 aromatic carbocycles. The molecule has 3 rings (SSSR count). The van der Waals surface area contributed by atoms with E-state index in [0.29, 0.717) is 6.01 Å². The summed E-state index contributed by atoms with van der Waals surface area (Å²) >= 11 is 3.44. The predicted octanol–water partition coefficient (Wildman–Crippen LogP) is 2.43. The van der Waals surface area contributed by atoms with Gasteiger partial charge in [0.05, 0.1) is 12.7 Å². The van der Waals surface area contributed by atoms with Gasteiger partial charge in [0.15, 0.2) is 5.58 Å². The Morgan fingerprint density at radius 2 is 2.29 bits per heavy atom. The SMILES string of the molecule is BrCC1CN(c2nc3ccccc3o2)CCO1. The second kappa shape index (κ2) is 4.66. The van der Waals surface area contributed by atoms with Crippen molar-refractivity contribution in [2.45, 2.75) is 6.10 Å². The van der Waals surface area contributed by atoms with E-state index in [4.69, 9.17) is 9.15 Å². The van der Waals surface area contributed by atoms with Gasteiger partial charge in [-0.15, -0.1) is 0 Å². The molecule has 1 aromatic heterocycles. The van der Waals surface area contributed by atoms with E-state index in [2.05, 4.69) is 25.8 Å². The summed E-state index contributed by atoms with van der Waals surface area (Å²) in [4.78, 5) is 6.63. The maximum atomic E-state index is 5.74. The molecule has 0 aliphatic carbocycles. The minimum absolute atomic E-state index is 0.207. The second-order valence-electron chi connectivity index (χ2n) is 4.06. The van der Waals surface area contributed by atoms with Crippen LogP contribution in [0.4, 0.5) is 6.01 Å². The van der Waals surface area contributed by atoms with Crippen molar-refractivity contribution < 1.29 is 9.15 Å². The first-order valence-electron chi connectivity index (χ1n) is 5.65. The van der Waals surface area contributed by atoms with Crippen molar-refractivity contribution in [3.63, 3.8) is 0 Å². The standard InChI is InChI=1S/C12H13BrN2O2/c13-7-9-8-15(5-6-16-9)12-14-10-3-1-2-4-11(10)17-12/h1-4,9H,5-8H2. The Balaban J connectivity index is 1.87. The van der Waals surface area contributed by atoms with Gasteiger partial charge in [-0.25, -0.2) is 0 Å². The molecular weight excluding hydrogens is 284 g/mol. The number of rotatable bonds is 2. The number of halogens is 1. The summed E-state index contributed by atoms with van der Waals surface area (Å²) in [7, 11) is 0. The average Bonchev–Trinajstić information content (AvgIpc) is 2.82. The summed E-state index contributed by atoms with van der Waals surface area (Å²) in [5.74, 6) is 0. The maximum Gasteiger partial charge on any atom is 0.298 e. The molecule has 1 fully saturated rings. The van der Waals surface area contributed by atoms with Gasteiger partial charge in [-0.2, -0.15) is 4.98 Å². The zero-order chi connectivity index (χ0) is 11.7. The Morgan fingerprint density at radius 1 is 1.41 bits per heavy atom. The fraction of sp³-hybridized carbons (Fsp3) is 0.417. The molecular formula is C12H13BrN2O2. The largest absolute Gasteiger partial charge is 0.423 e. The number of oxazole rings is 1. The van der Waals surface area contributed by atoms with Crippen LogP contribution < -0.4 is 4.90 Å². The first-order valence-corrected chi connectivity index (χ1v) is 6.77. The van der Waals surface area contributed by atoms with Crippen LogP contribution in [0.3, 0.4) is 0 Å². The smallest absolute Gasteiger partial charge is 0.298 e. The topological polar surface area (TPSA) is 38.5 Å². The second-order valence-corrected chi connectivity index (χ2v) is 4.70. The van der Waals surface area contributed by atoms with E-state index in [1.54, 1.807) is 0 Å². The molecule has 0 bridgehead atoms. The van der Waals surface area contributed by atoms with Gasteiger partial charge in [-0.05, 0) is 12.1 Å². The number of benzene rings is 1. The monoisotopic (exact) mass is 296 g/mol. The van der Waals surface area contributed by atoms with E-state index in [1.165, 1.54) is 0 Å². The van der Waals surface area contributed by atoms with Gasteiger partial charge in [0.25, 0.3) is 6.01 Å². The molecule has 1 aliphatic rings. The summed E-state index contributed by atoms with van der Waals surface area (Å²) in [6.07, 6.45) is 0.207. The molecule has 2 heterocycles. The molecule has 4 nitrogen and oxygen atoms in total. The lowest BCUT2D eigenvalue weighted by Gasteiger charge is -2.30. The highest BCUT2D eigenvalue weighted by Crippen LogP contribution is 2.23. The van der Waals surface area contributed by atoms with Crippen LogP contribution >= 0.6 is 15.9 Å². The maximum absolute atomic E-state index is 5.74. The summed E-state index contributed by atoms with van der Waals surface area (Å²) < 4.78 is 11.3. The lowest BCUT2D eigenvalue weighted by Crippen LogP contribution is -2.43. The highest BCUT2D eigenvalue weighted by atomic mass is 79.9. The minimum atomic E-state index is 0.207. The van der Waals surface area contributed by atoms with E-state index in [-0.39, 0.29) is 6.10 Å². The Kier molecular flexibility index (Phi) is 3.03. The summed E-state index contributed by atoms with van der Waals surface area (Å²) in [5, 5.41) is 0.837. The Labute approximate surface area is 108 Å². The fourth-order valence-corrected chi connectivity index (χ4v) is 2.37. The zero-order valence-electron chi connectivity index (χ0n) is 9.30. The van der Waals surface area contributed by atoms with Crippen LogP contribution in [0.15, 0.2) is 28.7 Å². The quantitative estimate of drug-likeness (QED) is 0.798. The number of morpholine rings is 1. The minimum Gasteiger partial charge on any atom is -0.423 e. The third-order valence-corrected chi connectivity index (χ3v) is 3.59. The van der Waals surface area contributed by atoms with Crippen molar-refractivity contribution >= 4 is 33.0 Å². The number of alkyl halides is 1. The molecule has 0 radical (unpaired) electrons. The van der Waals surface area contributed by atoms with Gasteiger partial charge in [-0.1, -0.05) is 28.1 Å². The lowest BCUT2D eigenvalue weighted by molar-refractivity contribution is 0.0553. The van der Waals surface area contributed by atoms with Gasteiger partial charge in [0, 0.05) is 18.4 Å². The zero-order valence-corrected chi connectivity index (χ0v) is 10.9. The molecule has 1 saturated heterocycles. The number of aromatic nitrogens is 1. The summed E-state index contributed by atoms with van der Waals surface area (Å²) in [5.41, 5.74) is 1.74. The summed E-state index contributed by atoms with van der Waals surface area (Å²) in [6, 6.07) is 8.52. The third-order valence-electron chi connectivity index (χ3n) is 2.86. The van der Waals surface area contributed by atoms with Crippen molar-refractivity contribution in [2.24, 2.45) is 0 Å². The number of hydrogen-bond donors (Lipinski definition) is 0. The van der Waals surface area contributed by atoms with Crippen LogP contribution in [0.1, 0.15) is 0 Å². The van der Waals surface area contributed by atoms with Crippen molar-refractivity contribution in [2.75, 3.05) is 29.9 Å². The first-order chi connectivity index (χ1) is 8.36. The fourth-order valence-electron chi connectivity index (χ4n) is 1.98. The normalized spacial score (nSPS) is 21.0. The molecule has 0 spiro atoms. The highest BCUT2D eigenvalue weighted by molar-refractivity contribution is 9.09. The lowest BCUT2D eigenvalue weighted by atomic mass is 10.3. The number of anilines is 1. The molecule has 0 saturated carbocycles. The predicted molar refractivity (Wildman–Crippen MR) is 69.8 cm³/mol. The van der Waals surface area contributed by atoms with Crippen molar-refractivity contribution in [1.82, 2.24) is 4.98 Å². The molecule has 5 heteroatoms. The van der Waals surface area contributed by atoms with Crippen LogP contribution in [-0.4, -0.2) is 36.1 Å². The average molecular weight is 297 g/mol. The molecule has 0 N–H and O–H groups in total. The van der Waals surface area contributed by atoms with Crippen LogP contribution in [-0.2, 0) is 4.74 Å². The summed E-state index contributed by atoms with van der Waals surface area (Å²) in [6.45, 7) is 2.36. The van der Waals surface area contributed by atoms with Crippen molar-refractivity contribution in [1.29, 1.82) is 0 Å². The van der Waals surface area contributed by atoms with Crippen LogP contribution in [0.2, 0.25) is 0 Å². The van der Waals surface area contributed by atoms with Crippen LogP contribution in [0, 0.1) is 0 Å². The van der Waals surface area contributed by atoms with Gasteiger partial charge in [0.1, 0.15) is 5.52 Å². The Hall–Kier alpha value is -1.07. The van der Waals surface area contributed by atoms with E-state index in [0.717, 1.165) is 36.1 Å². The van der Waals surface area contributed by atoms with Gasteiger partial charge in [0.2, 0.25) is 0 Å². The Morgan fingerprint density at radius 3 is 3.12 bits per heavy atom. The van der Waals surface area contributed by atoms with E-state index in [9.17, 15) is 0 Å². The number of hydrogen-bond acceptors (Lipinski definition) is 4. The van der Waals surface area contributed by atoms with Crippen LogP contribution in [0.25, 0.3) is 11.1 Å². The van der Waals surface area contributed by atoms with Gasteiger partial charge in [-0.3, -0.25) is 0 Å². The third kappa shape index (κ3) is 2.17. The molecule has 1 unspecified atom stereocenters. The Bertz CT molecular complexity index is 481. The van der Waals surface area contributed by atoms with Crippen LogP contribution in [0.5, 0.6) is 0 Å². The first kappa shape index (κ1) is 11.0. The molecule has 0 amide bonds. The number of ether oxygens (including phenoxy) is 1. The molecule has 1 atom stereocenters. The molecule has 1 aliphatic heterocycles. The van der Waals surface area contributed by atoms with Crippen molar-refractivity contribution in [3.05, 3.63) is 24.3 Å². The van der Waals surface area contributed by atoms with Gasteiger partial charge >= 0.3 is 0 Å². The molecule has 90 valence electrons. The van der Waals surface area contributed by atoms with Gasteiger partial charge < -0.3 is 14.1 Å². The van der Waals surface area contributed by atoms with E-state index < -0.39 is 0 Å². The highest BCUT2D eigenvalue weighted by Gasteiger charge is 2.23.